The standard InChI is InChI=1S/C14H24N4S/c1-12(2)11-16-14(15-3)18-8-6-17(7-9-18)13-5-4-10-19-13/h4-5,10,12H,6-9,11H2,1-3H3,(H,15,16). The minimum absolute atomic E-state index is 0.643. The van der Waals surface area contributed by atoms with Crippen LogP contribution in [-0.4, -0.2) is 50.6 Å². The molecular weight excluding hydrogens is 256 g/mol. The Labute approximate surface area is 120 Å². The number of nitrogens with zero attached hydrogens (tertiary/aromatic N) is 3. The van der Waals surface area contributed by atoms with Crippen molar-refractivity contribution in [2.75, 3.05) is 44.7 Å². The second kappa shape index (κ2) is 6.80. The number of thiophene rings is 1. The summed E-state index contributed by atoms with van der Waals surface area (Å²) in [5.41, 5.74) is 0. The number of aliphatic imine (C=N–C) groups is 1. The van der Waals surface area contributed by atoms with Crippen molar-refractivity contribution in [2.45, 2.75) is 13.8 Å². The zero-order chi connectivity index (χ0) is 13.7. The lowest BCUT2D eigenvalue weighted by atomic mass is 10.2. The molecule has 1 aliphatic heterocycles. The van der Waals surface area contributed by atoms with Crippen LogP contribution in [0.3, 0.4) is 0 Å². The third-order valence-electron chi connectivity index (χ3n) is 3.28. The molecule has 0 bridgehead atoms. The topological polar surface area (TPSA) is 30.9 Å². The average Bonchev–Trinajstić information content (AvgIpc) is 2.94. The van der Waals surface area contributed by atoms with Crippen molar-refractivity contribution in [2.24, 2.45) is 10.9 Å². The van der Waals surface area contributed by atoms with E-state index in [1.54, 1.807) is 0 Å². The predicted octanol–water partition coefficient (Wildman–Crippen LogP) is 2.10. The van der Waals surface area contributed by atoms with Gasteiger partial charge < -0.3 is 15.1 Å². The van der Waals surface area contributed by atoms with Gasteiger partial charge in [0.2, 0.25) is 0 Å². The Hall–Kier alpha value is -1.23. The number of hydrogen-bond acceptors (Lipinski definition) is 3. The fourth-order valence-electron chi connectivity index (χ4n) is 2.22. The number of rotatable bonds is 3. The molecule has 1 aromatic heterocycles. The molecule has 106 valence electrons. The lowest BCUT2D eigenvalue weighted by Crippen LogP contribution is -2.52. The van der Waals surface area contributed by atoms with E-state index >= 15 is 0 Å². The predicted molar refractivity (Wildman–Crippen MR) is 84.3 cm³/mol. The van der Waals surface area contributed by atoms with Gasteiger partial charge in [0.05, 0.1) is 5.00 Å². The van der Waals surface area contributed by atoms with Gasteiger partial charge in [0.15, 0.2) is 5.96 Å². The molecule has 0 aliphatic carbocycles. The second-order valence-electron chi connectivity index (χ2n) is 5.25. The van der Waals surface area contributed by atoms with Crippen LogP contribution in [0.2, 0.25) is 0 Å². The summed E-state index contributed by atoms with van der Waals surface area (Å²) in [4.78, 5) is 9.20. The van der Waals surface area contributed by atoms with E-state index in [1.807, 2.05) is 18.4 Å². The molecule has 5 heteroatoms. The van der Waals surface area contributed by atoms with Crippen LogP contribution in [0.15, 0.2) is 22.5 Å². The number of nitrogens with one attached hydrogen (secondary N) is 1. The molecule has 2 heterocycles. The molecule has 0 amide bonds. The van der Waals surface area contributed by atoms with Gasteiger partial charge in [-0.2, -0.15) is 0 Å². The van der Waals surface area contributed by atoms with Gasteiger partial charge in [-0.05, 0) is 23.4 Å². The van der Waals surface area contributed by atoms with Gasteiger partial charge in [-0.3, -0.25) is 4.99 Å². The summed E-state index contributed by atoms with van der Waals surface area (Å²) in [5, 5.41) is 6.97. The SMILES string of the molecule is CN=C(NCC(C)C)N1CCN(c2cccs2)CC1. The monoisotopic (exact) mass is 280 g/mol. The summed E-state index contributed by atoms with van der Waals surface area (Å²) in [6.45, 7) is 9.64. The average molecular weight is 280 g/mol. The van der Waals surface area contributed by atoms with Crippen LogP contribution in [0, 0.1) is 5.92 Å². The van der Waals surface area contributed by atoms with Gasteiger partial charge in [-0.15, -0.1) is 11.3 Å². The first-order chi connectivity index (χ1) is 9.20. The number of hydrogen-bond donors (Lipinski definition) is 1. The lowest BCUT2D eigenvalue weighted by molar-refractivity contribution is 0.371. The van der Waals surface area contributed by atoms with E-state index < -0.39 is 0 Å². The molecular formula is C14H24N4S. The quantitative estimate of drug-likeness (QED) is 0.679. The summed E-state index contributed by atoms with van der Waals surface area (Å²) >= 11 is 1.82. The van der Waals surface area contributed by atoms with Crippen LogP contribution < -0.4 is 10.2 Å². The van der Waals surface area contributed by atoms with E-state index in [1.165, 1.54) is 5.00 Å². The van der Waals surface area contributed by atoms with Gasteiger partial charge in [0.1, 0.15) is 0 Å². The van der Waals surface area contributed by atoms with Gasteiger partial charge >= 0.3 is 0 Å². The first kappa shape index (κ1) is 14.2. The van der Waals surface area contributed by atoms with E-state index in [4.69, 9.17) is 0 Å². The van der Waals surface area contributed by atoms with Crippen LogP contribution in [0.4, 0.5) is 5.00 Å². The minimum Gasteiger partial charge on any atom is -0.360 e. The van der Waals surface area contributed by atoms with E-state index in [0.717, 1.165) is 38.7 Å². The Morgan fingerprint density at radius 2 is 2.11 bits per heavy atom. The van der Waals surface area contributed by atoms with E-state index in [0.29, 0.717) is 5.92 Å². The van der Waals surface area contributed by atoms with Crippen molar-refractivity contribution in [3.8, 4) is 0 Å². The van der Waals surface area contributed by atoms with Crippen LogP contribution >= 0.6 is 11.3 Å². The molecule has 0 atom stereocenters. The molecule has 1 aliphatic rings. The molecule has 0 spiro atoms. The summed E-state index contributed by atoms with van der Waals surface area (Å²) in [6.07, 6.45) is 0. The molecule has 1 saturated heterocycles. The van der Waals surface area contributed by atoms with Crippen molar-refractivity contribution < 1.29 is 0 Å². The molecule has 1 N–H and O–H groups in total. The Bertz CT molecular complexity index is 392. The van der Waals surface area contributed by atoms with Crippen LogP contribution in [0.1, 0.15) is 13.8 Å². The molecule has 4 nitrogen and oxygen atoms in total. The number of anilines is 1. The molecule has 1 aromatic rings. The van der Waals surface area contributed by atoms with E-state index in [9.17, 15) is 0 Å². The minimum atomic E-state index is 0.643. The fraction of sp³-hybridized carbons (Fsp3) is 0.643. The highest BCUT2D eigenvalue weighted by molar-refractivity contribution is 7.14. The smallest absolute Gasteiger partial charge is 0.193 e. The van der Waals surface area contributed by atoms with Crippen molar-refractivity contribution in [1.29, 1.82) is 0 Å². The van der Waals surface area contributed by atoms with Gasteiger partial charge in [-0.25, -0.2) is 0 Å². The first-order valence-electron chi connectivity index (χ1n) is 6.94. The van der Waals surface area contributed by atoms with Crippen LogP contribution in [0.25, 0.3) is 0 Å². The zero-order valence-electron chi connectivity index (χ0n) is 12.1. The third kappa shape index (κ3) is 3.86. The molecule has 19 heavy (non-hydrogen) atoms. The van der Waals surface area contributed by atoms with Gasteiger partial charge in [-0.1, -0.05) is 13.8 Å². The largest absolute Gasteiger partial charge is 0.360 e. The Kier molecular flexibility index (Phi) is 5.07. The summed E-state index contributed by atoms with van der Waals surface area (Å²) in [5.74, 6) is 1.68. The molecule has 0 radical (unpaired) electrons. The maximum atomic E-state index is 4.39. The van der Waals surface area contributed by atoms with Crippen molar-refractivity contribution in [3.05, 3.63) is 17.5 Å². The fourth-order valence-corrected chi connectivity index (χ4v) is 3.00. The molecule has 0 unspecified atom stereocenters. The highest BCUT2D eigenvalue weighted by Crippen LogP contribution is 2.22. The van der Waals surface area contributed by atoms with Crippen molar-refractivity contribution in [1.82, 2.24) is 10.2 Å². The summed E-state index contributed by atoms with van der Waals surface area (Å²) in [7, 11) is 1.87. The number of piperazine rings is 1. The third-order valence-corrected chi connectivity index (χ3v) is 4.21. The van der Waals surface area contributed by atoms with E-state index in [2.05, 4.69) is 51.5 Å². The van der Waals surface area contributed by atoms with Gasteiger partial charge in [0.25, 0.3) is 0 Å². The highest BCUT2D eigenvalue weighted by atomic mass is 32.1. The molecule has 0 saturated carbocycles. The van der Waals surface area contributed by atoms with Crippen molar-refractivity contribution >= 4 is 22.3 Å². The molecule has 2 rings (SSSR count). The molecule has 0 aromatic carbocycles. The number of guanidine groups is 1. The Balaban J connectivity index is 1.84. The highest BCUT2D eigenvalue weighted by Gasteiger charge is 2.20. The van der Waals surface area contributed by atoms with Crippen LogP contribution in [0.5, 0.6) is 0 Å². The van der Waals surface area contributed by atoms with Crippen molar-refractivity contribution in [3.63, 3.8) is 0 Å². The Morgan fingerprint density at radius 3 is 2.63 bits per heavy atom. The zero-order valence-corrected chi connectivity index (χ0v) is 12.9. The van der Waals surface area contributed by atoms with Crippen LogP contribution in [-0.2, 0) is 0 Å². The lowest BCUT2D eigenvalue weighted by Gasteiger charge is -2.37. The summed E-state index contributed by atoms with van der Waals surface area (Å²) < 4.78 is 0. The maximum absolute atomic E-state index is 4.39. The summed E-state index contributed by atoms with van der Waals surface area (Å²) in [6, 6.07) is 4.32. The normalized spacial score (nSPS) is 17.2. The maximum Gasteiger partial charge on any atom is 0.193 e. The first-order valence-corrected chi connectivity index (χ1v) is 7.82. The molecule has 1 fully saturated rings. The Morgan fingerprint density at radius 1 is 1.37 bits per heavy atom. The van der Waals surface area contributed by atoms with Gasteiger partial charge in [0, 0.05) is 39.8 Å². The van der Waals surface area contributed by atoms with E-state index in [-0.39, 0.29) is 0 Å². The second-order valence-corrected chi connectivity index (χ2v) is 6.17.